The predicted molar refractivity (Wildman–Crippen MR) is 64.2 cm³/mol. The first-order valence-corrected chi connectivity index (χ1v) is 5.36. The number of nitrogens with zero attached hydrogens (tertiary/aromatic N) is 1. The summed E-state index contributed by atoms with van der Waals surface area (Å²) in [5.41, 5.74) is 2.71. The molecule has 0 saturated heterocycles. The molecule has 3 heteroatoms. The number of hydrogen-bond donors (Lipinski definition) is 0. The van der Waals surface area contributed by atoms with Crippen LogP contribution in [-0.2, 0) is 7.05 Å². The topological polar surface area (TPSA) is 31.2 Å². The fraction of sp³-hybridized carbons (Fsp3) is 0.308. The molecule has 84 valence electrons. The van der Waals surface area contributed by atoms with E-state index < -0.39 is 0 Å². The average molecular weight is 217 g/mol. The van der Waals surface area contributed by atoms with Gasteiger partial charge in [0, 0.05) is 12.4 Å². The number of carbonyl (C=O) groups excluding carboxylic acids is 1. The lowest BCUT2D eigenvalue weighted by molar-refractivity contribution is 0.111. The van der Waals surface area contributed by atoms with Gasteiger partial charge in [-0.2, -0.15) is 0 Å². The molecule has 0 unspecified atom stereocenters. The number of aryl methyl sites for hydroxylation is 2. The van der Waals surface area contributed by atoms with Gasteiger partial charge in [0.15, 0.2) is 6.29 Å². The van der Waals surface area contributed by atoms with Crippen LogP contribution in [0.15, 0.2) is 18.2 Å². The number of fused-ring (bicyclic) bond motifs is 1. The average Bonchev–Trinajstić information content (AvgIpc) is 2.53. The largest absolute Gasteiger partial charge is 0.492 e. The second-order valence-corrected chi connectivity index (χ2v) is 3.77. The third kappa shape index (κ3) is 1.40. The van der Waals surface area contributed by atoms with Gasteiger partial charge >= 0.3 is 0 Å². The quantitative estimate of drug-likeness (QED) is 0.740. The van der Waals surface area contributed by atoms with E-state index in [1.165, 1.54) is 0 Å². The van der Waals surface area contributed by atoms with Crippen molar-refractivity contribution >= 4 is 17.2 Å². The SMILES string of the molecule is CCOc1cccc2c(C)c(C=O)n(C)c12. The van der Waals surface area contributed by atoms with Crippen LogP contribution in [0.1, 0.15) is 23.0 Å². The van der Waals surface area contributed by atoms with E-state index in [9.17, 15) is 4.79 Å². The monoisotopic (exact) mass is 217 g/mol. The summed E-state index contributed by atoms with van der Waals surface area (Å²) in [6, 6.07) is 5.90. The number of benzene rings is 1. The van der Waals surface area contributed by atoms with Crippen molar-refractivity contribution in [3.05, 3.63) is 29.5 Å². The van der Waals surface area contributed by atoms with E-state index >= 15 is 0 Å². The van der Waals surface area contributed by atoms with Gasteiger partial charge in [-0.3, -0.25) is 4.79 Å². The van der Waals surface area contributed by atoms with Crippen molar-refractivity contribution in [1.29, 1.82) is 0 Å². The summed E-state index contributed by atoms with van der Waals surface area (Å²) in [6.45, 7) is 4.54. The minimum atomic E-state index is 0.625. The van der Waals surface area contributed by atoms with Crippen LogP contribution in [0, 0.1) is 6.92 Å². The first kappa shape index (κ1) is 10.7. The molecule has 0 bridgehead atoms. The molecule has 0 aliphatic carbocycles. The van der Waals surface area contributed by atoms with Gasteiger partial charge in [0.05, 0.1) is 17.8 Å². The Labute approximate surface area is 94.6 Å². The first-order chi connectivity index (χ1) is 7.70. The zero-order valence-electron chi connectivity index (χ0n) is 9.78. The molecular weight excluding hydrogens is 202 g/mol. The molecule has 0 spiro atoms. The summed E-state index contributed by atoms with van der Waals surface area (Å²) in [6.07, 6.45) is 0.894. The number of hydrogen-bond acceptors (Lipinski definition) is 2. The third-order valence-electron chi connectivity index (χ3n) is 2.90. The number of rotatable bonds is 3. The molecule has 0 aliphatic heterocycles. The Morgan fingerprint density at radius 3 is 2.81 bits per heavy atom. The van der Waals surface area contributed by atoms with Crippen LogP contribution in [0.4, 0.5) is 0 Å². The van der Waals surface area contributed by atoms with Gasteiger partial charge < -0.3 is 9.30 Å². The molecule has 2 aromatic rings. The molecule has 0 aliphatic rings. The maximum Gasteiger partial charge on any atom is 0.166 e. The smallest absolute Gasteiger partial charge is 0.166 e. The van der Waals surface area contributed by atoms with Crippen molar-refractivity contribution < 1.29 is 9.53 Å². The number of aldehydes is 1. The van der Waals surface area contributed by atoms with Crippen LogP contribution in [0.25, 0.3) is 10.9 Å². The molecule has 0 fully saturated rings. The molecule has 1 heterocycles. The van der Waals surface area contributed by atoms with Crippen LogP contribution < -0.4 is 4.74 Å². The van der Waals surface area contributed by atoms with Crippen molar-refractivity contribution in [2.45, 2.75) is 13.8 Å². The van der Waals surface area contributed by atoms with Crippen LogP contribution in [0.3, 0.4) is 0 Å². The van der Waals surface area contributed by atoms with E-state index in [4.69, 9.17) is 4.74 Å². The maximum atomic E-state index is 11.0. The summed E-state index contributed by atoms with van der Waals surface area (Å²) in [5.74, 6) is 0.832. The molecule has 3 nitrogen and oxygen atoms in total. The molecule has 0 radical (unpaired) electrons. The molecule has 0 amide bonds. The van der Waals surface area contributed by atoms with Crippen molar-refractivity contribution in [1.82, 2.24) is 4.57 Å². The van der Waals surface area contributed by atoms with Crippen LogP contribution in [-0.4, -0.2) is 17.5 Å². The Bertz CT molecular complexity index is 540. The summed E-state index contributed by atoms with van der Waals surface area (Å²) < 4.78 is 7.47. The highest BCUT2D eigenvalue weighted by Crippen LogP contribution is 2.31. The van der Waals surface area contributed by atoms with Gasteiger partial charge in [-0.15, -0.1) is 0 Å². The lowest BCUT2D eigenvalue weighted by Crippen LogP contribution is -1.98. The van der Waals surface area contributed by atoms with Crippen molar-refractivity contribution in [3.8, 4) is 5.75 Å². The second kappa shape index (κ2) is 4.00. The number of ether oxygens (including phenoxy) is 1. The van der Waals surface area contributed by atoms with Gasteiger partial charge in [-0.25, -0.2) is 0 Å². The van der Waals surface area contributed by atoms with Gasteiger partial charge in [-0.05, 0) is 25.5 Å². The predicted octanol–water partition coefficient (Wildman–Crippen LogP) is 2.70. The van der Waals surface area contributed by atoms with E-state index in [1.54, 1.807) is 0 Å². The summed E-state index contributed by atoms with van der Waals surface area (Å²) in [5, 5.41) is 1.08. The standard InChI is InChI=1S/C13H15NO2/c1-4-16-12-7-5-6-10-9(2)11(8-15)14(3)13(10)12/h5-8H,4H2,1-3H3. The zero-order chi connectivity index (χ0) is 11.7. The molecule has 0 saturated carbocycles. The highest BCUT2D eigenvalue weighted by atomic mass is 16.5. The van der Waals surface area contributed by atoms with Gasteiger partial charge in [0.2, 0.25) is 0 Å². The van der Waals surface area contributed by atoms with Gasteiger partial charge in [-0.1, -0.05) is 12.1 Å². The minimum Gasteiger partial charge on any atom is -0.492 e. The fourth-order valence-electron chi connectivity index (χ4n) is 2.12. The number of para-hydroxylation sites is 1. The normalized spacial score (nSPS) is 10.7. The lowest BCUT2D eigenvalue weighted by Gasteiger charge is -2.06. The molecule has 2 rings (SSSR count). The fourth-order valence-corrected chi connectivity index (χ4v) is 2.12. The zero-order valence-corrected chi connectivity index (χ0v) is 9.78. The van der Waals surface area contributed by atoms with Crippen molar-refractivity contribution in [2.75, 3.05) is 6.61 Å². The van der Waals surface area contributed by atoms with E-state index in [2.05, 4.69) is 0 Å². The van der Waals surface area contributed by atoms with Crippen LogP contribution in [0.5, 0.6) is 5.75 Å². The molecule has 16 heavy (non-hydrogen) atoms. The molecule has 1 aromatic carbocycles. The third-order valence-corrected chi connectivity index (χ3v) is 2.90. The van der Waals surface area contributed by atoms with E-state index in [1.807, 2.05) is 43.7 Å². The van der Waals surface area contributed by atoms with E-state index in [-0.39, 0.29) is 0 Å². The molecule has 0 N–H and O–H groups in total. The van der Waals surface area contributed by atoms with E-state index in [0.29, 0.717) is 12.3 Å². The first-order valence-electron chi connectivity index (χ1n) is 5.36. The maximum absolute atomic E-state index is 11.0. The molecule has 1 aromatic heterocycles. The second-order valence-electron chi connectivity index (χ2n) is 3.77. The van der Waals surface area contributed by atoms with Crippen molar-refractivity contribution in [3.63, 3.8) is 0 Å². The Morgan fingerprint density at radius 2 is 2.19 bits per heavy atom. The highest BCUT2D eigenvalue weighted by Gasteiger charge is 2.14. The van der Waals surface area contributed by atoms with Gasteiger partial charge in [0.1, 0.15) is 5.75 Å². The van der Waals surface area contributed by atoms with Crippen LogP contribution >= 0.6 is 0 Å². The Balaban J connectivity index is 2.82. The summed E-state index contributed by atoms with van der Waals surface area (Å²) >= 11 is 0. The Morgan fingerprint density at radius 1 is 1.44 bits per heavy atom. The van der Waals surface area contributed by atoms with Gasteiger partial charge in [0.25, 0.3) is 0 Å². The minimum absolute atomic E-state index is 0.625. The summed E-state index contributed by atoms with van der Waals surface area (Å²) in [4.78, 5) is 11.0. The number of aromatic nitrogens is 1. The van der Waals surface area contributed by atoms with E-state index in [0.717, 1.165) is 28.5 Å². The van der Waals surface area contributed by atoms with Crippen LogP contribution in [0.2, 0.25) is 0 Å². The Kier molecular flexibility index (Phi) is 2.69. The summed E-state index contributed by atoms with van der Waals surface area (Å²) in [7, 11) is 1.89. The molecular formula is C13H15NO2. The van der Waals surface area contributed by atoms with Crippen molar-refractivity contribution in [2.24, 2.45) is 7.05 Å². The molecule has 0 atom stereocenters. The Hall–Kier alpha value is -1.77. The lowest BCUT2D eigenvalue weighted by atomic mass is 10.1. The number of carbonyl (C=O) groups is 1. The highest BCUT2D eigenvalue weighted by molar-refractivity contribution is 5.96.